The van der Waals surface area contributed by atoms with Crippen molar-refractivity contribution in [2.24, 2.45) is 0 Å². The third kappa shape index (κ3) is 4.58. The maximum absolute atomic E-state index is 13.2. The minimum atomic E-state index is -0.558. The molecule has 0 spiro atoms. The average Bonchev–Trinajstić information content (AvgIpc) is 3.25. The number of hydrogen-bond acceptors (Lipinski definition) is 4. The summed E-state index contributed by atoms with van der Waals surface area (Å²) in [7, 11) is 0. The van der Waals surface area contributed by atoms with Gasteiger partial charge in [-0.3, -0.25) is 18.7 Å². The molecule has 1 amide bonds. The first-order chi connectivity index (χ1) is 14.9. The number of nitrogens with zero attached hydrogens (tertiary/aromatic N) is 2. The van der Waals surface area contributed by atoms with E-state index < -0.39 is 11.2 Å². The van der Waals surface area contributed by atoms with Crippen LogP contribution in [0.25, 0.3) is 10.2 Å². The van der Waals surface area contributed by atoms with Crippen LogP contribution in [0.15, 0.2) is 69.6 Å². The molecule has 0 unspecified atom stereocenters. The first-order valence-electron chi connectivity index (χ1n) is 9.39. The zero-order valence-corrected chi connectivity index (χ0v) is 18.5. The molecule has 31 heavy (non-hydrogen) atoms. The maximum Gasteiger partial charge on any atom is 0.332 e. The van der Waals surface area contributed by atoms with Crippen molar-refractivity contribution in [2.75, 3.05) is 0 Å². The van der Waals surface area contributed by atoms with Crippen LogP contribution in [0.4, 0.5) is 0 Å². The van der Waals surface area contributed by atoms with Crippen LogP contribution in [0.1, 0.15) is 11.1 Å². The molecule has 4 aromatic rings. The van der Waals surface area contributed by atoms with Crippen molar-refractivity contribution in [3.8, 4) is 0 Å². The van der Waals surface area contributed by atoms with Gasteiger partial charge >= 0.3 is 5.69 Å². The van der Waals surface area contributed by atoms with E-state index in [9.17, 15) is 14.4 Å². The normalized spacial score (nSPS) is 11.0. The number of carbonyl (C=O) groups excluding carboxylic acids is 1. The molecule has 0 bridgehead atoms. The Morgan fingerprint density at radius 1 is 0.968 bits per heavy atom. The number of thiophene rings is 1. The second-order valence-corrected chi connectivity index (χ2v) is 8.65. The topological polar surface area (TPSA) is 73.1 Å². The number of fused-ring (bicyclic) bond motifs is 1. The van der Waals surface area contributed by atoms with Gasteiger partial charge in [0.2, 0.25) is 5.91 Å². The summed E-state index contributed by atoms with van der Waals surface area (Å²) in [6.45, 7) is 0.122. The summed E-state index contributed by atoms with van der Waals surface area (Å²) in [6.07, 6.45) is 0. The van der Waals surface area contributed by atoms with Gasteiger partial charge in [-0.1, -0.05) is 53.5 Å². The van der Waals surface area contributed by atoms with Crippen molar-refractivity contribution in [1.82, 2.24) is 14.5 Å². The summed E-state index contributed by atoms with van der Waals surface area (Å²) >= 11 is 13.3. The van der Waals surface area contributed by atoms with Crippen molar-refractivity contribution < 1.29 is 4.79 Å². The van der Waals surface area contributed by atoms with Crippen LogP contribution in [0.2, 0.25) is 10.0 Å². The van der Waals surface area contributed by atoms with Crippen molar-refractivity contribution in [1.29, 1.82) is 0 Å². The summed E-state index contributed by atoms with van der Waals surface area (Å²) in [6, 6.07) is 15.8. The number of carbonyl (C=O) groups is 1. The van der Waals surface area contributed by atoms with E-state index in [1.165, 1.54) is 15.9 Å². The van der Waals surface area contributed by atoms with E-state index in [1.807, 2.05) is 12.1 Å². The minimum Gasteiger partial charge on any atom is -0.350 e. The second kappa shape index (κ2) is 9.09. The van der Waals surface area contributed by atoms with Gasteiger partial charge in [0.25, 0.3) is 5.56 Å². The van der Waals surface area contributed by atoms with Gasteiger partial charge in [0.1, 0.15) is 11.2 Å². The molecule has 9 heteroatoms. The van der Waals surface area contributed by atoms with E-state index in [-0.39, 0.29) is 19.0 Å². The van der Waals surface area contributed by atoms with Crippen LogP contribution < -0.4 is 16.6 Å². The minimum absolute atomic E-state index is 0.0254. The maximum atomic E-state index is 13.2. The lowest BCUT2D eigenvalue weighted by atomic mass is 10.2. The molecule has 1 N–H and O–H groups in total. The van der Waals surface area contributed by atoms with Gasteiger partial charge in [-0.15, -0.1) is 11.3 Å². The molecule has 0 aliphatic carbocycles. The summed E-state index contributed by atoms with van der Waals surface area (Å²) in [5, 5.41) is 5.61. The standard InChI is InChI=1S/C22H17Cl2N3O3S/c23-16-7-5-14(6-8-16)11-25-19(28)13-26-18-9-10-31-20(18)21(29)27(22(26)30)12-15-3-1-2-4-17(15)24/h1-10H,11-13H2,(H,25,28). The van der Waals surface area contributed by atoms with Crippen molar-refractivity contribution >= 4 is 50.7 Å². The Hall–Kier alpha value is -2.87. The Morgan fingerprint density at radius 3 is 2.45 bits per heavy atom. The van der Waals surface area contributed by atoms with E-state index in [4.69, 9.17) is 23.2 Å². The Kier molecular flexibility index (Phi) is 6.27. The predicted octanol–water partition coefficient (Wildman–Crippen LogP) is 3.90. The van der Waals surface area contributed by atoms with Gasteiger partial charge in [-0.2, -0.15) is 0 Å². The molecule has 2 heterocycles. The van der Waals surface area contributed by atoms with Gasteiger partial charge in [0, 0.05) is 16.6 Å². The number of hydrogen-bond donors (Lipinski definition) is 1. The van der Waals surface area contributed by atoms with E-state index >= 15 is 0 Å². The molecule has 2 aromatic carbocycles. The third-order valence-electron chi connectivity index (χ3n) is 4.83. The molecular weight excluding hydrogens is 457 g/mol. The van der Waals surface area contributed by atoms with Crippen LogP contribution in [0.3, 0.4) is 0 Å². The highest BCUT2D eigenvalue weighted by Gasteiger charge is 2.17. The van der Waals surface area contributed by atoms with E-state index in [2.05, 4.69) is 5.32 Å². The molecule has 0 aliphatic heterocycles. The summed E-state index contributed by atoms with van der Waals surface area (Å²) in [4.78, 5) is 38.6. The molecule has 0 saturated carbocycles. The summed E-state index contributed by atoms with van der Waals surface area (Å²) < 4.78 is 2.85. The smallest absolute Gasteiger partial charge is 0.332 e. The first-order valence-corrected chi connectivity index (χ1v) is 11.0. The Labute approximate surface area is 191 Å². The highest BCUT2D eigenvalue weighted by molar-refractivity contribution is 7.17. The average molecular weight is 474 g/mol. The quantitative estimate of drug-likeness (QED) is 0.461. The molecule has 6 nitrogen and oxygen atoms in total. The molecule has 158 valence electrons. The summed E-state index contributed by atoms with van der Waals surface area (Å²) in [5.74, 6) is -0.340. The molecule has 0 atom stereocenters. The van der Waals surface area contributed by atoms with Crippen LogP contribution in [-0.2, 0) is 24.4 Å². The monoisotopic (exact) mass is 473 g/mol. The number of rotatable bonds is 6. The van der Waals surface area contributed by atoms with Crippen LogP contribution in [0, 0.1) is 0 Å². The van der Waals surface area contributed by atoms with Gasteiger partial charge in [0.15, 0.2) is 0 Å². The van der Waals surface area contributed by atoms with Gasteiger partial charge in [-0.05, 0) is 40.8 Å². The number of benzene rings is 2. The lowest BCUT2D eigenvalue weighted by molar-refractivity contribution is -0.121. The van der Waals surface area contributed by atoms with Crippen molar-refractivity contribution in [2.45, 2.75) is 19.6 Å². The molecule has 0 radical (unpaired) electrons. The number of amides is 1. The van der Waals surface area contributed by atoms with E-state index in [0.717, 1.165) is 10.1 Å². The Morgan fingerprint density at radius 2 is 1.71 bits per heavy atom. The fourth-order valence-electron chi connectivity index (χ4n) is 3.22. The Balaban J connectivity index is 1.64. The fraction of sp³-hybridized carbons (Fsp3) is 0.136. The zero-order chi connectivity index (χ0) is 22.0. The van der Waals surface area contributed by atoms with Crippen molar-refractivity contribution in [3.63, 3.8) is 0 Å². The number of aromatic nitrogens is 2. The lowest BCUT2D eigenvalue weighted by Gasteiger charge is -2.13. The Bertz CT molecular complexity index is 1370. The molecule has 2 aromatic heterocycles. The number of nitrogens with one attached hydrogen (secondary N) is 1. The molecule has 0 aliphatic rings. The van der Waals surface area contributed by atoms with Crippen LogP contribution in [0.5, 0.6) is 0 Å². The molecular formula is C22H17Cl2N3O3S. The van der Waals surface area contributed by atoms with Crippen molar-refractivity contribution in [3.05, 3.63) is 102 Å². The van der Waals surface area contributed by atoms with Gasteiger partial charge in [-0.25, -0.2) is 4.79 Å². The fourth-order valence-corrected chi connectivity index (χ4v) is 4.39. The van der Waals surface area contributed by atoms with Crippen LogP contribution >= 0.6 is 34.5 Å². The zero-order valence-electron chi connectivity index (χ0n) is 16.2. The second-order valence-electron chi connectivity index (χ2n) is 6.89. The molecule has 0 fully saturated rings. The van der Waals surface area contributed by atoms with E-state index in [1.54, 1.807) is 47.8 Å². The third-order valence-corrected chi connectivity index (χ3v) is 6.34. The van der Waals surface area contributed by atoms with Gasteiger partial charge < -0.3 is 5.32 Å². The van der Waals surface area contributed by atoms with Gasteiger partial charge in [0.05, 0.1) is 12.1 Å². The van der Waals surface area contributed by atoms with Crippen LogP contribution in [-0.4, -0.2) is 15.0 Å². The SMILES string of the molecule is O=C(Cn1c(=O)n(Cc2ccccc2Cl)c(=O)c2sccc21)NCc1ccc(Cl)cc1. The molecule has 4 rings (SSSR count). The number of halogens is 2. The highest BCUT2D eigenvalue weighted by Crippen LogP contribution is 2.18. The first kappa shape index (κ1) is 21.4. The summed E-state index contributed by atoms with van der Waals surface area (Å²) in [5.41, 5.74) is 1.02. The highest BCUT2D eigenvalue weighted by atomic mass is 35.5. The largest absolute Gasteiger partial charge is 0.350 e. The van der Waals surface area contributed by atoms with E-state index in [0.29, 0.717) is 32.4 Å². The predicted molar refractivity (Wildman–Crippen MR) is 124 cm³/mol. The molecule has 0 saturated heterocycles. The lowest BCUT2D eigenvalue weighted by Crippen LogP contribution is -2.42.